The zero-order chi connectivity index (χ0) is 12.3. The summed E-state index contributed by atoms with van der Waals surface area (Å²) in [5, 5.41) is 3.14. The molecule has 1 aromatic rings. The van der Waals surface area contributed by atoms with Gasteiger partial charge in [0.25, 0.3) is 5.91 Å². The summed E-state index contributed by atoms with van der Waals surface area (Å²) in [6.45, 7) is 4.30. The first kappa shape index (κ1) is 12.2. The SMILES string of the molecule is Cc1cccc(C(=O)NC2CCC(C)CC2)c1. The van der Waals surface area contributed by atoms with E-state index in [1.807, 2.05) is 31.2 Å². The van der Waals surface area contributed by atoms with Crippen LogP contribution in [0.4, 0.5) is 0 Å². The summed E-state index contributed by atoms with van der Waals surface area (Å²) < 4.78 is 0. The van der Waals surface area contributed by atoms with E-state index in [0.29, 0.717) is 6.04 Å². The largest absolute Gasteiger partial charge is 0.349 e. The molecular formula is C15H21NO. The average molecular weight is 231 g/mol. The minimum absolute atomic E-state index is 0.0771. The van der Waals surface area contributed by atoms with Crippen LogP contribution in [0.15, 0.2) is 24.3 Å². The highest BCUT2D eigenvalue weighted by Crippen LogP contribution is 2.23. The van der Waals surface area contributed by atoms with Gasteiger partial charge < -0.3 is 5.32 Å². The van der Waals surface area contributed by atoms with Crippen molar-refractivity contribution in [3.05, 3.63) is 35.4 Å². The molecule has 92 valence electrons. The highest BCUT2D eigenvalue weighted by molar-refractivity contribution is 5.94. The molecule has 1 aliphatic rings. The van der Waals surface area contributed by atoms with Crippen molar-refractivity contribution in [1.82, 2.24) is 5.32 Å². The molecule has 0 bridgehead atoms. The van der Waals surface area contributed by atoms with Crippen LogP contribution in [-0.4, -0.2) is 11.9 Å². The molecule has 0 atom stereocenters. The molecule has 2 rings (SSSR count). The number of rotatable bonds is 2. The third-order valence-corrected chi connectivity index (χ3v) is 3.63. The first-order chi connectivity index (χ1) is 8.15. The molecule has 1 fully saturated rings. The van der Waals surface area contributed by atoms with Gasteiger partial charge in [0, 0.05) is 11.6 Å². The molecule has 0 unspecified atom stereocenters. The summed E-state index contributed by atoms with van der Waals surface area (Å²) in [7, 11) is 0. The average Bonchev–Trinajstić information content (AvgIpc) is 2.32. The molecule has 0 aliphatic heterocycles. The number of hydrogen-bond acceptors (Lipinski definition) is 1. The van der Waals surface area contributed by atoms with Crippen molar-refractivity contribution in [3.63, 3.8) is 0 Å². The number of hydrogen-bond donors (Lipinski definition) is 1. The van der Waals surface area contributed by atoms with Gasteiger partial charge in [-0.15, -0.1) is 0 Å². The Kier molecular flexibility index (Phi) is 3.82. The number of benzene rings is 1. The molecule has 2 nitrogen and oxygen atoms in total. The molecule has 0 spiro atoms. The van der Waals surface area contributed by atoms with Crippen molar-refractivity contribution in [2.75, 3.05) is 0 Å². The van der Waals surface area contributed by atoms with Gasteiger partial charge in [0.15, 0.2) is 0 Å². The molecule has 0 saturated heterocycles. The Balaban J connectivity index is 1.93. The maximum atomic E-state index is 12.0. The van der Waals surface area contributed by atoms with E-state index < -0.39 is 0 Å². The first-order valence-electron chi connectivity index (χ1n) is 6.52. The van der Waals surface area contributed by atoms with Gasteiger partial charge in [-0.1, -0.05) is 24.6 Å². The Hall–Kier alpha value is -1.31. The smallest absolute Gasteiger partial charge is 0.251 e. The normalized spacial score (nSPS) is 24.4. The van der Waals surface area contributed by atoms with Crippen LogP contribution < -0.4 is 5.32 Å². The minimum Gasteiger partial charge on any atom is -0.349 e. The lowest BCUT2D eigenvalue weighted by molar-refractivity contribution is 0.0923. The van der Waals surface area contributed by atoms with Gasteiger partial charge in [0.2, 0.25) is 0 Å². The fraction of sp³-hybridized carbons (Fsp3) is 0.533. The Morgan fingerprint density at radius 3 is 2.59 bits per heavy atom. The minimum atomic E-state index is 0.0771. The highest BCUT2D eigenvalue weighted by atomic mass is 16.1. The summed E-state index contributed by atoms with van der Waals surface area (Å²) in [5.41, 5.74) is 1.92. The first-order valence-corrected chi connectivity index (χ1v) is 6.52. The van der Waals surface area contributed by atoms with Gasteiger partial charge >= 0.3 is 0 Å². The standard InChI is InChI=1S/C15H21NO/c1-11-6-8-14(9-7-11)16-15(17)13-5-3-4-12(2)10-13/h3-5,10-11,14H,6-9H2,1-2H3,(H,16,17). The third kappa shape index (κ3) is 3.32. The second-order valence-electron chi connectivity index (χ2n) is 5.30. The molecule has 17 heavy (non-hydrogen) atoms. The molecule has 1 aromatic carbocycles. The van der Waals surface area contributed by atoms with E-state index in [2.05, 4.69) is 12.2 Å². The second-order valence-corrected chi connectivity index (χ2v) is 5.30. The van der Waals surface area contributed by atoms with E-state index in [-0.39, 0.29) is 5.91 Å². The molecule has 0 heterocycles. The van der Waals surface area contributed by atoms with Crippen LogP contribution in [0, 0.1) is 12.8 Å². The third-order valence-electron chi connectivity index (χ3n) is 3.63. The number of carbonyl (C=O) groups excluding carboxylic acids is 1. The maximum Gasteiger partial charge on any atom is 0.251 e. The summed E-state index contributed by atoms with van der Waals surface area (Å²) in [5.74, 6) is 0.898. The topological polar surface area (TPSA) is 29.1 Å². The molecule has 1 amide bonds. The molecule has 1 N–H and O–H groups in total. The van der Waals surface area contributed by atoms with Crippen LogP contribution in [-0.2, 0) is 0 Å². The summed E-state index contributed by atoms with van der Waals surface area (Å²) in [6, 6.07) is 8.15. The fourth-order valence-corrected chi connectivity index (χ4v) is 2.46. The van der Waals surface area contributed by atoms with Crippen molar-refractivity contribution in [2.24, 2.45) is 5.92 Å². The monoisotopic (exact) mass is 231 g/mol. The van der Waals surface area contributed by atoms with Gasteiger partial charge in [-0.3, -0.25) is 4.79 Å². The molecule has 2 heteroatoms. The van der Waals surface area contributed by atoms with Gasteiger partial charge in [-0.05, 0) is 50.7 Å². The summed E-state index contributed by atoms with van der Waals surface area (Å²) >= 11 is 0. The molecule has 1 saturated carbocycles. The van der Waals surface area contributed by atoms with Crippen molar-refractivity contribution in [1.29, 1.82) is 0 Å². The lowest BCUT2D eigenvalue weighted by Gasteiger charge is -2.26. The van der Waals surface area contributed by atoms with E-state index in [9.17, 15) is 4.79 Å². The van der Waals surface area contributed by atoms with E-state index >= 15 is 0 Å². The van der Waals surface area contributed by atoms with Crippen LogP contribution in [0.1, 0.15) is 48.5 Å². The van der Waals surface area contributed by atoms with Crippen LogP contribution in [0.2, 0.25) is 0 Å². The predicted molar refractivity (Wildman–Crippen MR) is 70.1 cm³/mol. The van der Waals surface area contributed by atoms with Crippen LogP contribution in [0.25, 0.3) is 0 Å². The van der Waals surface area contributed by atoms with Gasteiger partial charge in [-0.2, -0.15) is 0 Å². The van der Waals surface area contributed by atoms with E-state index in [1.165, 1.54) is 12.8 Å². The number of carbonyl (C=O) groups is 1. The van der Waals surface area contributed by atoms with E-state index in [0.717, 1.165) is 29.9 Å². The van der Waals surface area contributed by atoms with Gasteiger partial charge in [0.05, 0.1) is 0 Å². The Morgan fingerprint density at radius 1 is 1.24 bits per heavy atom. The van der Waals surface area contributed by atoms with Crippen molar-refractivity contribution in [3.8, 4) is 0 Å². The van der Waals surface area contributed by atoms with Crippen LogP contribution >= 0.6 is 0 Å². The van der Waals surface area contributed by atoms with Crippen molar-refractivity contribution in [2.45, 2.75) is 45.6 Å². The number of amides is 1. The Morgan fingerprint density at radius 2 is 1.94 bits per heavy atom. The number of nitrogens with one attached hydrogen (secondary N) is 1. The fourth-order valence-electron chi connectivity index (χ4n) is 2.46. The predicted octanol–water partition coefficient (Wildman–Crippen LogP) is 3.30. The van der Waals surface area contributed by atoms with Gasteiger partial charge in [0.1, 0.15) is 0 Å². The lowest BCUT2D eigenvalue weighted by atomic mass is 9.87. The molecule has 0 radical (unpaired) electrons. The maximum absolute atomic E-state index is 12.0. The van der Waals surface area contributed by atoms with Crippen molar-refractivity contribution >= 4 is 5.91 Å². The van der Waals surface area contributed by atoms with Crippen LogP contribution in [0.5, 0.6) is 0 Å². The van der Waals surface area contributed by atoms with E-state index in [1.54, 1.807) is 0 Å². The molecule has 1 aliphatic carbocycles. The molecular weight excluding hydrogens is 210 g/mol. The van der Waals surface area contributed by atoms with Crippen molar-refractivity contribution < 1.29 is 4.79 Å². The second kappa shape index (κ2) is 5.35. The zero-order valence-electron chi connectivity index (χ0n) is 10.7. The zero-order valence-corrected chi connectivity index (χ0v) is 10.7. The summed E-state index contributed by atoms with van der Waals surface area (Å²) in [4.78, 5) is 12.0. The summed E-state index contributed by atoms with van der Waals surface area (Å²) in [6.07, 6.45) is 4.72. The Bertz CT molecular complexity index is 392. The van der Waals surface area contributed by atoms with E-state index in [4.69, 9.17) is 0 Å². The quantitative estimate of drug-likeness (QED) is 0.831. The Labute approximate surface area is 103 Å². The highest BCUT2D eigenvalue weighted by Gasteiger charge is 2.20. The van der Waals surface area contributed by atoms with Gasteiger partial charge in [-0.25, -0.2) is 0 Å². The molecule has 0 aromatic heterocycles. The number of aryl methyl sites for hydroxylation is 1. The lowest BCUT2D eigenvalue weighted by Crippen LogP contribution is -2.37. The van der Waals surface area contributed by atoms with Crippen LogP contribution in [0.3, 0.4) is 0 Å².